The van der Waals surface area contributed by atoms with Crippen molar-refractivity contribution in [3.05, 3.63) is 22.4 Å². The summed E-state index contributed by atoms with van der Waals surface area (Å²) in [6.45, 7) is 3.26. The van der Waals surface area contributed by atoms with Crippen molar-refractivity contribution < 1.29 is 14.3 Å². The monoisotopic (exact) mass is 325 g/mol. The average Bonchev–Trinajstić information content (AvgIpc) is 3.21. The first-order chi connectivity index (χ1) is 10.7. The second kappa shape index (κ2) is 8.87. The molecule has 0 spiro atoms. The SMILES string of the molecule is COCCNC(=O)C(=O)NC[C@@H](c1ccsc1)N1CCCC1. The number of nitrogens with zero attached hydrogens (tertiary/aromatic N) is 1. The number of thiophene rings is 1. The summed E-state index contributed by atoms with van der Waals surface area (Å²) in [6, 6.07) is 2.22. The van der Waals surface area contributed by atoms with Gasteiger partial charge in [-0.15, -0.1) is 0 Å². The van der Waals surface area contributed by atoms with Crippen molar-refractivity contribution in [1.82, 2.24) is 15.5 Å². The minimum Gasteiger partial charge on any atom is -0.383 e. The molecule has 2 amide bonds. The van der Waals surface area contributed by atoms with Crippen molar-refractivity contribution in [3.8, 4) is 0 Å². The molecule has 0 aromatic carbocycles. The van der Waals surface area contributed by atoms with Gasteiger partial charge in [-0.25, -0.2) is 0 Å². The lowest BCUT2D eigenvalue weighted by Gasteiger charge is -2.27. The van der Waals surface area contributed by atoms with Crippen LogP contribution in [0.25, 0.3) is 0 Å². The van der Waals surface area contributed by atoms with Crippen molar-refractivity contribution >= 4 is 23.2 Å². The maximum absolute atomic E-state index is 11.8. The predicted octanol–water partition coefficient (Wildman–Crippen LogP) is 0.764. The minimum absolute atomic E-state index is 0.143. The molecule has 6 nitrogen and oxygen atoms in total. The largest absolute Gasteiger partial charge is 0.383 e. The first-order valence-corrected chi connectivity index (χ1v) is 8.47. The number of amides is 2. The molecule has 1 aromatic rings. The van der Waals surface area contributed by atoms with Gasteiger partial charge in [0.2, 0.25) is 0 Å². The maximum Gasteiger partial charge on any atom is 0.309 e. The summed E-state index contributed by atoms with van der Waals surface area (Å²) in [5, 5.41) is 9.41. The third-order valence-electron chi connectivity index (χ3n) is 3.76. The minimum atomic E-state index is -0.609. The van der Waals surface area contributed by atoms with Crippen LogP contribution in [0.2, 0.25) is 0 Å². The van der Waals surface area contributed by atoms with Crippen LogP contribution >= 0.6 is 11.3 Å². The van der Waals surface area contributed by atoms with Gasteiger partial charge < -0.3 is 15.4 Å². The van der Waals surface area contributed by atoms with Crippen molar-refractivity contribution in [3.63, 3.8) is 0 Å². The Labute approximate surface area is 134 Å². The third-order valence-corrected chi connectivity index (χ3v) is 4.46. The molecular formula is C15H23N3O3S. The van der Waals surface area contributed by atoms with Gasteiger partial charge in [0.1, 0.15) is 0 Å². The van der Waals surface area contributed by atoms with E-state index in [0.29, 0.717) is 19.7 Å². The predicted molar refractivity (Wildman–Crippen MR) is 85.8 cm³/mol. The Hall–Kier alpha value is -1.44. The van der Waals surface area contributed by atoms with Crippen LogP contribution in [0.3, 0.4) is 0 Å². The molecule has 0 unspecified atom stereocenters. The van der Waals surface area contributed by atoms with Crippen LogP contribution in [0, 0.1) is 0 Å². The molecule has 1 fully saturated rings. The van der Waals surface area contributed by atoms with Crippen molar-refractivity contribution in [2.45, 2.75) is 18.9 Å². The van der Waals surface area contributed by atoms with E-state index >= 15 is 0 Å². The highest BCUT2D eigenvalue weighted by molar-refractivity contribution is 7.07. The zero-order chi connectivity index (χ0) is 15.8. The Kier molecular flexibility index (Phi) is 6.82. The Morgan fingerprint density at radius 1 is 1.32 bits per heavy atom. The third kappa shape index (κ3) is 4.79. The second-order valence-electron chi connectivity index (χ2n) is 5.27. The fraction of sp³-hybridized carbons (Fsp3) is 0.600. The second-order valence-corrected chi connectivity index (χ2v) is 6.05. The van der Waals surface area contributed by atoms with E-state index in [0.717, 1.165) is 13.1 Å². The number of rotatable bonds is 7. The Morgan fingerprint density at radius 3 is 2.68 bits per heavy atom. The molecule has 2 N–H and O–H groups in total. The molecule has 1 saturated heterocycles. The molecule has 1 aromatic heterocycles. The highest BCUT2D eigenvalue weighted by Crippen LogP contribution is 2.26. The lowest BCUT2D eigenvalue weighted by atomic mass is 10.1. The van der Waals surface area contributed by atoms with Crippen LogP contribution in [-0.2, 0) is 14.3 Å². The zero-order valence-corrected chi connectivity index (χ0v) is 13.7. The lowest BCUT2D eigenvalue weighted by Crippen LogP contribution is -2.44. The lowest BCUT2D eigenvalue weighted by molar-refractivity contribution is -0.139. The van der Waals surface area contributed by atoms with Crippen molar-refractivity contribution in [2.24, 2.45) is 0 Å². The molecule has 0 radical (unpaired) electrons. The van der Waals surface area contributed by atoms with E-state index in [4.69, 9.17) is 4.74 Å². The van der Waals surface area contributed by atoms with Gasteiger partial charge in [0.25, 0.3) is 0 Å². The van der Waals surface area contributed by atoms with E-state index in [1.165, 1.54) is 18.4 Å². The Morgan fingerprint density at radius 2 is 2.05 bits per heavy atom. The zero-order valence-electron chi connectivity index (χ0n) is 12.8. The van der Waals surface area contributed by atoms with Gasteiger partial charge in [-0.1, -0.05) is 0 Å². The van der Waals surface area contributed by atoms with E-state index in [-0.39, 0.29) is 6.04 Å². The Balaban J connectivity index is 1.85. The summed E-state index contributed by atoms with van der Waals surface area (Å²) in [4.78, 5) is 25.9. The van der Waals surface area contributed by atoms with E-state index in [1.807, 2.05) is 5.38 Å². The molecule has 1 aliphatic rings. The smallest absolute Gasteiger partial charge is 0.309 e. The molecule has 2 rings (SSSR count). The van der Waals surface area contributed by atoms with Crippen molar-refractivity contribution in [2.75, 3.05) is 39.9 Å². The number of ether oxygens (including phenoxy) is 1. The molecule has 1 atom stereocenters. The normalized spacial score (nSPS) is 16.4. The van der Waals surface area contributed by atoms with Crippen LogP contribution in [0.1, 0.15) is 24.4 Å². The summed E-state index contributed by atoms with van der Waals surface area (Å²) in [5.74, 6) is -1.20. The van der Waals surface area contributed by atoms with Crippen molar-refractivity contribution in [1.29, 1.82) is 0 Å². The summed E-state index contributed by atoms with van der Waals surface area (Å²) in [6.07, 6.45) is 2.37. The maximum atomic E-state index is 11.8. The van der Waals surface area contributed by atoms with Gasteiger partial charge in [0.15, 0.2) is 0 Å². The summed E-state index contributed by atoms with van der Waals surface area (Å²) < 4.78 is 4.83. The van der Waals surface area contributed by atoms with E-state index < -0.39 is 11.8 Å². The number of nitrogens with one attached hydrogen (secondary N) is 2. The van der Waals surface area contributed by atoms with Gasteiger partial charge in [-0.3, -0.25) is 14.5 Å². The van der Waals surface area contributed by atoms with Crippen LogP contribution in [0.15, 0.2) is 16.8 Å². The van der Waals surface area contributed by atoms with Gasteiger partial charge in [-0.2, -0.15) is 11.3 Å². The van der Waals surface area contributed by atoms with Crippen LogP contribution in [0.5, 0.6) is 0 Å². The number of hydrogen-bond donors (Lipinski definition) is 2. The van der Waals surface area contributed by atoms with Crippen LogP contribution < -0.4 is 10.6 Å². The first-order valence-electron chi connectivity index (χ1n) is 7.53. The highest BCUT2D eigenvalue weighted by atomic mass is 32.1. The number of likely N-dealkylation sites (tertiary alicyclic amines) is 1. The topological polar surface area (TPSA) is 70.7 Å². The van der Waals surface area contributed by atoms with Gasteiger partial charge in [-0.05, 0) is 48.3 Å². The first kappa shape index (κ1) is 16.9. The van der Waals surface area contributed by atoms with E-state index in [1.54, 1.807) is 18.4 Å². The summed E-state index contributed by atoms with van der Waals surface area (Å²) in [5.41, 5.74) is 1.20. The average molecular weight is 325 g/mol. The van der Waals surface area contributed by atoms with Crippen LogP contribution in [-0.4, -0.2) is 56.6 Å². The number of carbonyl (C=O) groups excluding carboxylic acids is 2. The number of carbonyl (C=O) groups is 2. The number of methoxy groups -OCH3 is 1. The molecular weight excluding hydrogens is 302 g/mol. The van der Waals surface area contributed by atoms with Gasteiger partial charge >= 0.3 is 11.8 Å². The fourth-order valence-electron chi connectivity index (χ4n) is 2.59. The molecule has 7 heteroatoms. The molecule has 0 bridgehead atoms. The highest BCUT2D eigenvalue weighted by Gasteiger charge is 2.25. The summed E-state index contributed by atoms with van der Waals surface area (Å²) in [7, 11) is 1.55. The fourth-order valence-corrected chi connectivity index (χ4v) is 3.30. The van der Waals surface area contributed by atoms with E-state index in [2.05, 4.69) is 27.0 Å². The van der Waals surface area contributed by atoms with E-state index in [9.17, 15) is 9.59 Å². The molecule has 122 valence electrons. The molecule has 2 heterocycles. The number of hydrogen-bond acceptors (Lipinski definition) is 5. The summed E-state index contributed by atoms with van der Waals surface area (Å²) >= 11 is 1.65. The van der Waals surface area contributed by atoms with Crippen LogP contribution in [0.4, 0.5) is 0 Å². The van der Waals surface area contributed by atoms with Gasteiger partial charge in [0, 0.05) is 20.2 Å². The standard InChI is InChI=1S/C15H23N3O3S/c1-21-8-5-16-14(19)15(20)17-10-13(12-4-9-22-11-12)18-6-2-3-7-18/h4,9,11,13H,2-3,5-8,10H2,1H3,(H,16,19)(H,17,20)/t13-/m0/s1. The Bertz CT molecular complexity index is 472. The molecule has 22 heavy (non-hydrogen) atoms. The molecule has 1 aliphatic heterocycles. The van der Waals surface area contributed by atoms with Gasteiger partial charge in [0.05, 0.1) is 12.6 Å². The molecule has 0 aliphatic carbocycles. The quantitative estimate of drug-likeness (QED) is 0.574. The molecule has 0 saturated carbocycles.